The number of carboxylic acids is 1. The average molecular weight is 515 g/mol. The van der Waals surface area contributed by atoms with Crippen LogP contribution in [0.5, 0.6) is 5.75 Å². The van der Waals surface area contributed by atoms with Gasteiger partial charge in [-0.05, 0) is 42.2 Å². The lowest BCUT2D eigenvalue weighted by Gasteiger charge is -2.17. The lowest BCUT2D eigenvalue weighted by atomic mass is 10.1. The van der Waals surface area contributed by atoms with Crippen LogP contribution < -0.4 is 15.4 Å². The minimum absolute atomic E-state index is 0.0115. The van der Waals surface area contributed by atoms with E-state index in [1.807, 2.05) is 6.07 Å². The molecule has 0 bridgehead atoms. The summed E-state index contributed by atoms with van der Waals surface area (Å²) >= 11 is 12.0. The van der Waals surface area contributed by atoms with Crippen LogP contribution in [-0.2, 0) is 24.1 Å². The second-order valence-electron chi connectivity index (χ2n) is 8.13. The first-order valence-corrected chi connectivity index (χ1v) is 11.9. The van der Waals surface area contributed by atoms with Gasteiger partial charge in [0.15, 0.2) is 0 Å². The number of nitrogens with zero attached hydrogens (tertiary/aromatic N) is 2. The molecule has 8 nitrogen and oxygen atoms in total. The molecule has 0 unspecified atom stereocenters. The number of anilines is 1. The minimum atomic E-state index is -1.17. The number of halogens is 2. The molecule has 1 atom stereocenters. The van der Waals surface area contributed by atoms with Crippen molar-refractivity contribution >= 4 is 40.9 Å². The Labute approximate surface area is 212 Å². The number of benzene rings is 1. The van der Waals surface area contributed by atoms with Gasteiger partial charge >= 0.3 is 5.97 Å². The Bertz CT molecular complexity index is 1200. The summed E-state index contributed by atoms with van der Waals surface area (Å²) in [6, 6.07) is 10.1. The standard InChI is InChI=1S/C25H24Cl2N4O4/c26-19-13-28-14-20(27)22(19)24(32)31-21(25(33)34)12-15-3-7-18(8-4-15)35-11-9-17-6-5-16-2-1-10-29-23(16)30-17/h3-8,13-14,21H,1-2,9-12H2,(H,29,30)(H,31,32)(H,33,34)/t21-/m0/s1. The summed E-state index contributed by atoms with van der Waals surface area (Å²) < 4.78 is 5.83. The molecule has 3 N–H and O–H groups in total. The summed E-state index contributed by atoms with van der Waals surface area (Å²) in [5.41, 5.74) is 2.92. The number of pyridine rings is 2. The van der Waals surface area contributed by atoms with Gasteiger partial charge in [-0.15, -0.1) is 0 Å². The Kier molecular flexibility index (Phi) is 8.05. The largest absolute Gasteiger partial charge is 0.493 e. The third-order valence-electron chi connectivity index (χ3n) is 5.63. The van der Waals surface area contributed by atoms with Crippen molar-refractivity contribution in [2.24, 2.45) is 0 Å². The Balaban J connectivity index is 1.31. The zero-order valence-electron chi connectivity index (χ0n) is 18.8. The first-order valence-electron chi connectivity index (χ1n) is 11.2. The van der Waals surface area contributed by atoms with Crippen LogP contribution in [0.25, 0.3) is 0 Å². The van der Waals surface area contributed by atoms with Crippen LogP contribution in [0.15, 0.2) is 48.8 Å². The minimum Gasteiger partial charge on any atom is -0.493 e. The lowest BCUT2D eigenvalue weighted by Crippen LogP contribution is -2.42. The first kappa shape index (κ1) is 24.8. The molecule has 0 aliphatic carbocycles. The van der Waals surface area contributed by atoms with E-state index in [-0.39, 0.29) is 22.0 Å². The molecule has 182 valence electrons. The van der Waals surface area contributed by atoms with E-state index in [0.29, 0.717) is 18.8 Å². The Morgan fingerprint density at radius 1 is 1.11 bits per heavy atom. The molecule has 1 aliphatic rings. The van der Waals surface area contributed by atoms with E-state index in [1.165, 1.54) is 18.0 Å². The van der Waals surface area contributed by atoms with Crippen molar-refractivity contribution in [2.45, 2.75) is 31.7 Å². The van der Waals surface area contributed by atoms with Gasteiger partial charge in [0.2, 0.25) is 0 Å². The number of nitrogens with one attached hydrogen (secondary N) is 2. The highest BCUT2D eigenvalue weighted by Crippen LogP contribution is 2.23. The van der Waals surface area contributed by atoms with Gasteiger partial charge in [-0.25, -0.2) is 9.78 Å². The van der Waals surface area contributed by atoms with Crippen molar-refractivity contribution in [3.63, 3.8) is 0 Å². The van der Waals surface area contributed by atoms with Crippen molar-refractivity contribution in [3.05, 3.63) is 81.2 Å². The number of carbonyl (C=O) groups is 2. The van der Waals surface area contributed by atoms with Gasteiger partial charge in [-0.2, -0.15) is 0 Å². The van der Waals surface area contributed by atoms with Crippen molar-refractivity contribution in [3.8, 4) is 5.75 Å². The molecule has 35 heavy (non-hydrogen) atoms. The number of aliphatic carboxylic acids is 1. The highest BCUT2D eigenvalue weighted by Gasteiger charge is 2.24. The Hall–Kier alpha value is -3.36. The van der Waals surface area contributed by atoms with E-state index in [4.69, 9.17) is 27.9 Å². The molecule has 4 rings (SSSR count). The summed E-state index contributed by atoms with van der Waals surface area (Å²) in [4.78, 5) is 32.8. The summed E-state index contributed by atoms with van der Waals surface area (Å²) in [6.07, 6.45) is 5.47. The number of aromatic nitrogens is 2. The second kappa shape index (κ2) is 11.4. The summed E-state index contributed by atoms with van der Waals surface area (Å²) in [5.74, 6) is -0.226. The number of fused-ring (bicyclic) bond motifs is 1. The van der Waals surface area contributed by atoms with Gasteiger partial charge in [0, 0.05) is 37.5 Å². The van der Waals surface area contributed by atoms with Crippen LogP contribution in [0.1, 0.15) is 33.6 Å². The van der Waals surface area contributed by atoms with E-state index in [2.05, 4.69) is 26.7 Å². The van der Waals surface area contributed by atoms with Crippen LogP contribution in [-0.4, -0.2) is 46.1 Å². The fraction of sp³-hybridized carbons (Fsp3) is 0.280. The molecule has 0 saturated heterocycles. The zero-order chi connectivity index (χ0) is 24.8. The molecule has 0 spiro atoms. The summed E-state index contributed by atoms with van der Waals surface area (Å²) in [5, 5.41) is 15.5. The van der Waals surface area contributed by atoms with Gasteiger partial charge in [0.25, 0.3) is 5.91 Å². The third-order valence-corrected chi connectivity index (χ3v) is 6.20. The van der Waals surface area contributed by atoms with Crippen molar-refractivity contribution < 1.29 is 19.4 Å². The second-order valence-corrected chi connectivity index (χ2v) is 8.94. The van der Waals surface area contributed by atoms with Crippen molar-refractivity contribution in [1.29, 1.82) is 0 Å². The molecule has 0 radical (unpaired) electrons. The topological polar surface area (TPSA) is 113 Å². The van der Waals surface area contributed by atoms with Gasteiger partial charge in [0.1, 0.15) is 17.6 Å². The Morgan fingerprint density at radius 2 is 1.86 bits per heavy atom. The maximum Gasteiger partial charge on any atom is 0.326 e. The third kappa shape index (κ3) is 6.41. The molecule has 3 aromatic rings. The maximum atomic E-state index is 12.6. The number of hydrogen-bond donors (Lipinski definition) is 3. The molecular weight excluding hydrogens is 491 g/mol. The van der Waals surface area contributed by atoms with Gasteiger partial charge in [-0.3, -0.25) is 9.78 Å². The molecule has 1 amide bonds. The van der Waals surface area contributed by atoms with E-state index < -0.39 is 17.9 Å². The first-order chi connectivity index (χ1) is 16.9. The van der Waals surface area contributed by atoms with Crippen molar-refractivity contribution in [2.75, 3.05) is 18.5 Å². The smallest absolute Gasteiger partial charge is 0.326 e. The predicted molar refractivity (Wildman–Crippen MR) is 134 cm³/mol. The zero-order valence-corrected chi connectivity index (χ0v) is 20.3. The van der Waals surface area contributed by atoms with Gasteiger partial charge in [-0.1, -0.05) is 41.4 Å². The molecule has 2 aromatic heterocycles. The van der Waals surface area contributed by atoms with E-state index in [9.17, 15) is 14.7 Å². The molecule has 0 fully saturated rings. The quantitative estimate of drug-likeness (QED) is 0.392. The number of amides is 1. The highest BCUT2D eigenvalue weighted by molar-refractivity contribution is 6.39. The van der Waals surface area contributed by atoms with E-state index in [0.717, 1.165) is 36.5 Å². The molecular formula is C25H24Cl2N4O4. The summed E-state index contributed by atoms with van der Waals surface area (Å²) in [7, 11) is 0. The van der Waals surface area contributed by atoms with Crippen LogP contribution in [0, 0.1) is 0 Å². The number of aryl methyl sites for hydroxylation is 1. The molecule has 1 aliphatic heterocycles. The SMILES string of the molecule is O=C(N[C@@H](Cc1ccc(OCCc2ccc3c(n2)NCCC3)cc1)C(=O)O)c1c(Cl)cncc1Cl. The van der Waals surface area contributed by atoms with Gasteiger partial charge in [0.05, 0.1) is 22.2 Å². The molecule has 10 heteroatoms. The lowest BCUT2D eigenvalue weighted by molar-refractivity contribution is -0.139. The highest BCUT2D eigenvalue weighted by atomic mass is 35.5. The van der Waals surface area contributed by atoms with E-state index >= 15 is 0 Å². The van der Waals surface area contributed by atoms with Crippen LogP contribution >= 0.6 is 23.2 Å². The number of carbonyl (C=O) groups excluding carboxylic acids is 1. The van der Waals surface area contributed by atoms with Crippen LogP contribution in [0.4, 0.5) is 5.82 Å². The monoisotopic (exact) mass is 514 g/mol. The molecule has 0 saturated carbocycles. The maximum absolute atomic E-state index is 12.6. The molecule has 1 aromatic carbocycles. The Morgan fingerprint density at radius 3 is 2.57 bits per heavy atom. The van der Waals surface area contributed by atoms with Crippen LogP contribution in [0.3, 0.4) is 0 Å². The normalized spacial score (nSPS) is 13.3. The number of hydrogen-bond acceptors (Lipinski definition) is 6. The number of ether oxygens (including phenoxy) is 1. The predicted octanol–water partition coefficient (Wildman–Crippen LogP) is 4.19. The van der Waals surface area contributed by atoms with E-state index in [1.54, 1.807) is 24.3 Å². The molecule has 3 heterocycles. The summed E-state index contributed by atoms with van der Waals surface area (Å²) in [6.45, 7) is 1.41. The van der Waals surface area contributed by atoms with Crippen molar-refractivity contribution in [1.82, 2.24) is 15.3 Å². The fourth-order valence-electron chi connectivity index (χ4n) is 3.80. The number of carboxylic acid groups (broad SMARTS) is 1. The average Bonchev–Trinajstić information content (AvgIpc) is 2.84. The van der Waals surface area contributed by atoms with Crippen LogP contribution in [0.2, 0.25) is 10.0 Å². The fourth-order valence-corrected chi connectivity index (χ4v) is 4.33. The number of rotatable bonds is 9. The van der Waals surface area contributed by atoms with Gasteiger partial charge < -0.3 is 20.5 Å².